The van der Waals surface area contributed by atoms with E-state index in [4.69, 9.17) is 27.2 Å². The van der Waals surface area contributed by atoms with E-state index in [0.717, 1.165) is 10.9 Å². The summed E-state index contributed by atoms with van der Waals surface area (Å²) in [6.45, 7) is 0.238. The molecular formula is C29H22ClF4N5O4S. The van der Waals surface area contributed by atoms with Crippen LogP contribution in [0, 0.1) is 0 Å². The molecule has 0 radical (unpaired) electrons. The van der Waals surface area contributed by atoms with Gasteiger partial charge in [-0.25, -0.2) is 13.9 Å². The summed E-state index contributed by atoms with van der Waals surface area (Å²) < 4.78 is 48.8. The van der Waals surface area contributed by atoms with Crippen molar-refractivity contribution >= 4 is 62.3 Å². The van der Waals surface area contributed by atoms with Crippen LogP contribution in [0.1, 0.15) is 27.0 Å². The molecule has 0 saturated carbocycles. The lowest BCUT2D eigenvalue weighted by Gasteiger charge is -2.10. The molecule has 15 heteroatoms. The molecule has 3 aromatic carbocycles. The van der Waals surface area contributed by atoms with Gasteiger partial charge in [0, 0.05) is 16.3 Å². The number of benzene rings is 3. The van der Waals surface area contributed by atoms with Gasteiger partial charge in [-0.15, -0.1) is 16.4 Å². The van der Waals surface area contributed by atoms with Crippen molar-refractivity contribution in [1.82, 2.24) is 15.1 Å². The molecule has 44 heavy (non-hydrogen) atoms. The maximum atomic E-state index is 14.9. The summed E-state index contributed by atoms with van der Waals surface area (Å²) in [6.07, 6.45) is -5.33. The van der Waals surface area contributed by atoms with Crippen molar-refractivity contribution in [1.29, 1.82) is 0 Å². The minimum Gasteiger partial charge on any atom is -0.475 e. The number of alkyl halides is 4. The maximum Gasteiger partial charge on any atom is 0.490 e. The molecule has 1 atom stereocenters. The van der Waals surface area contributed by atoms with Crippen LogP contribution in [0.15, 0.2) is 85.1 Å². The Morgan fingerprint density at radius 1 is 1.02 bits per heavy atom. The summed E-state index contributed by atoms with van der Waals surface area (Å²) in [5.74, 6) is -3.67. The van der Waals surface area contributed by atoms with Crippen LogP contribution in [0.3, 0.4) is 0 Å². The van der Waals surface area contributed by atoms with Crippen LogP contribution in [0.4, 0.5) is 29.1 Å². The number of carbonyl (C=O) groups excluding carboxylic acids is 2. The summed E-state index contributed by atoms with van der Waals surface area (Å²) in [7, 11) is 0. The van der Waals surface area contributed by atoms with Gasteiger partial charge < -0.3 is 21.5 Å². The molecule has 5 aromatic rings. The fourth-order valence-corrected chi connectivity index (χ4v) is 4.94. The van der Waals surface area contributed by atoms with Gasteiger partial charge in [0.1, 0.15) is 0 Å². The minimum atomic E-state index is -5.08. The highest BCUT2D eigenvalue weighted by Gasteiger charge is 2.38. The van der Waals surface area contributed by atoms with Gasteiger partial charge in [-0.3, -0.25) is 9.59 Å². The summed E-state index contributed by atoms with van der Waals surface area (Å²) in [4.78, 5) is 34.6. The van der Waals surface area contributed by atoms with Gasteiger partial charge in [0.05, 0.1) is 22.4 Å². The molecule has 0 aliphatic rings. The van der Waals surface area contributed by atoms with E-state index < -0.39 is 30.1 Å². The molecular weight excluding hydrogens is 626 g/mol. The maximum absolute atomic E-state index is 14.9. The zero-order valence-electron chi connectivity index (χ0n) is 22.3. The molecule has 9 nitrogen and oxygen atoms in total. The number of hydrogen-bond donors (Lipinski definition) is 4. The monoisotopic (exact) mass is 647 g/mol. The van der Waals surface area contributed by atoms with E-state index in [2.05, 4.69) is 15.7 Å². The van der Waals surface area contributed by atoms with Crippen LogP contribution in [-0.2, 0) is 16.1 Å². The molecule has 5 rings (SSSR count). The van der Waals surface area contributed by atoms with Crippen molar-refractivity contribution in [2.75, 3.05) is 11.1 Å². The van der Waals surface area contributed by atoms with E-state index in [9.17, 15) is 27.2 Å². The van der Waals surface area contributed by atoms with Crippen molar-refractivity contribution in [3.63, 3.8) is 0 Å². The van der Waals surface area contributed by atoms with E-state index in [1.54, 1.807) is 48.7 Å². The van der Waals surface area contributed by atoms with E-state index in [-0.39, 0.29) is 17.9 Å². The fraction of sp³-hybridized carbons (Fsp3) is 0.103. The van der Waals surface area contributed by atoms with Crippen LogP contribution >= 0.6 is 22.9 Å². The van der Waals surface area contributed by atoms with Gasteiger partial charge in [-0.2, -0.15) is 13.2 Å². The highest BCUT2D eigenvalue weighted by molar-refractivity contribution is 7.20. The quantitative estimate of drug-likeness (QED) is 0.148. The standard InChI is InChI=1S/C27H21ClFN5O2S.C2HF3O2/c28-19-7-4-8-20(13-19)34-15-21(30)25(33-34)32-26(35)23-11-17-9-10-18(12-22(17)37-23)24(29)27(36)31-14-16-5-2-1-3-6-16;3-2(4,5)1(6)7/h1-13,15,24H,14,30H2,(H,31,36)(H,32,33,35);(H,6,7). The largest absolute Gasteiger partial charge is 0.490 e. The minimum absolute atomic E-state index is 0.210. The number of anilines is 2. The van der Waals surface area contributed by atoms with Crippen molar-refractivity contribution in [2.45, 2.75) is 18.9 Å². The lowest BCUT2D eigenvalue weighted by Crippen LogP contribution is -2.26. The Balaban J connectivity index is 0.000000566. The summed E-state index contributed by atoms with van der Waals surface area (Å²) in [6, 6.07) is 22.9. The lowest BCUT2D eigenvalue weighted by molar-refractivity contribution is -0.192. The van der Waals surface area contributed by atoms with E-state index in [0.29, 0.717) is 26.0 Å². The van der Waals surface area contributed by atoms with Gasteiger partial charge in [-0.1, -0.05) is 60.1 Å². The van der Waals surface area contributed by atoms with Crippen LogP contribution in [0.25, 0.3) is 15.8 Å². The van der Waals surface area contributed by atoms with Gasteiger partial charge in [0.15, 0.2) is 5.82 Å². The molecule has 2 amide bonds. The zero-order chi connectivity index (χ0) is 32.0. The summed E-state index contributed by atoms with van der Waals surface area (Å²) in [5, 5.41) is 18.1. The number of fused-ring (bicyclic) bond motifs is 1. The first-order valence-electron chi connectivity index (χ1n) is 12.5. The van der Waals surface area contributed by atoms with Crippen molar-refractivity contribution in [2.24, 2.45) is 0 Å². The number of rotatable bonds is 7. The van der Waals surface area contributed by atoms with Gasteiger partial charge in [0.25, 0.3) is 11.8 Å². The SMILES string of the molecule is Nc1cn(-c2cccc(Cl)c2)nc1NC(=O)c1cc2ccc(C(F)C(=O)NCc3ccccc3)cc2s1.O=C(O)C(F)(F)F. The Morgan fingerprint density at radius 3 is 2.39 bits per heavy atom. The van der Waals surface area contributed by atoms with Crippen molar-refractivity contribution in [3.8, 4) is 5.69 Å². The highest BCUT2D eigenvalue weighted by Crippen LogP contribution is 2.31. The van der Waals surface area contributed by atoms with Crippen LogP contribution < -0.4 is 16.4 Å². The molecule has 0 bridgehead atoms. The molecule has 2 heterocycles. The number of carbonyl (C=O) groups is 3. The third-order valence-electron chi connectivity index (χ3n) is 5.89. The molecule has 0 saturated heterocycles. The summed E-state index contributed by atoms with van der Waals surface area (Å²) >= 11 is 7.23. The average Bonchev–Trinajstić information content (AvgIpc) is 3.59. The molecule has 5 N–H and O–H groups in total. The fourth-order valence-electron chi connectivity index (χ4n) is 3.75. The average molecular weight is 648 g/mol. The first kappa shape index (κ1) is 32.0. The number of nitrogen functional groups attached to an aromatic ring is 1. The Hall–Kier alpha value is -4.95. The molecule has 2 aromatic heterocycles. The van der Waals surface area contributed by atoms with Crippen LogP contribution in [0.5, 0.6) is 0 Å². The second kappa shape index (κ2) is 13.6. The highest BCUT2D eigenvalue weighted by atomic mass is 35.5. The number of nitrogens with zero attached hydrogens (tertiary/aromatic N) is 2. The number of nitrogens with two attached hydrogens (primary N) is 1. The number of aliphatic carboxylic acids is 1. The topological polar surface area (TPSA) is 139 Å². The van der Waals surface area contributed by atoms with E-state index >= 15 is 0 Å². The third kappa shape index (κ3) is 8.11. The number of amides is 2. The number of carboxylic acid groups (broad SMARTS) is 1. The van der Waals surface area contributed by atoms with Crippen LogP contribution in [0.2, 0.25) is 5.02 Å². The van der Waals surface area contributed by atoms with Gasteiger partial charge >= 0.3 is 12.1 Å². The van der Waals surface area contributed by atoms with Gasteiger partial charge in [-0.05, 0) is 46.8 Å². The predicted octanol–water partition coefficient (Wildman–Crippen LogP) is 6.54. The van der Waals surface area contributed by atoms with E-state index in [1.165, 1.54) is 16.0 Å². The van der Waals surface area contributed by atoms with Gasteiger partial charge in [0.2, 0.25) is 6.17 Å². The number of thiophene rings is 1. The molecule has 0 spiro atoms. The predicted molar refractivity (Wildman–Crippen MR) is 159 cm³/mol. The normalized spacial score (nSPS) is 11.8. The smallest absolute Gasteiger partial charge is 0.475 e. The number of aromatic nitrogens is 2. The number of halogens is 5. The third-order valence-corrected chi connectivity index (χ3v) is 7.22. The Labute approximate surface area is 255 Å². The second-order valence-corrected chi connectivity index (χ2v) is 10.6. The molecule has 0 aliphatic carbocycles. The summed E-state index contributed by atoms with van der Waals surface area (Å²) in [5.41, 5.74) is 8.14. The first-order valence-corrected chi connectivity index (χ1v) is 13.7. The molecule has 0 aliphatic heterocycles. The van der Waals surface area contributed by atoms with E-state index in [1.807, 2.05) is 36.4 Å². The van der Waals surface area contributed by atoms with Crippen LogP contribution in [-0.4, -0.2) is 38.8 Å². The second-order valence-electron chi connectivity index (χ2n) is 9.09. The number of nitrogens with one attached hydrogen (secondary N) is 2. The molecule has 228 valence electrons. The Kier molecular flexibility index (Phi) is 9.86. The van der Waals surface area contributed by atoms with Crippen molar-refractivity contribution < 1.29 is 37.1 Å². The Bertz CT molecular complexity index is 1810. The zero-order valence-corrected chi connectivity index (χ0v) is 23.9. The molecule has 1 unspecified atom stereocenters. The van der Waals surface area contributed by atoms with Crippen molar-refractivity contribution in [3.05, 3.63) is 106 Å². The Morgan fingerprint density at radius 2 is 1.73 bits per heavy atom. The number of carboxylic acids is 1. The first-order chi connectivity index (χ1) is 20.8. The number of hydrogen-bond acceptors (Lipinski definition) is 6. The lowest BCUT2D eigenvalue weighted by atomic mass is 10.1. The molecule has 0 fully saturated rings.